The van der Waals surface area contributed by atoms with Crippen LogP contribution in [0.3, 0.4) is 0 Å². The lowest BCUT2D eigenvalue weighted by Crippen LogP contribution is -2.22. The van der Waals surface area contributed by atoms with Gasteiger partial charge in [-0.15, -0.1) is 0 Å². The highest BCUT2D eigenvalue weighted by molar-refractivity contribution is 6.31. The zero-order valence-corrected chi connectivity index (χ0v) is 12.3. The fourth-order valence-electron chi connectivity index (χ4n) is 1.78. The molecule has 0 fully saturated rings. The first kappa shape index (κ1) is 14.4. The summed E-state index contributed by atoms with van der Waals surface area (Å²) >= 11 is 5.92. The molecule has 0 heterocycles. The van der Waals surface area contributed by atoms with Crippen molar-refractivity contribution in [3.05, 3.63) is 58.6 Å². The molecule has 0 saturated heterocycles. The Hall–Kier alpha value is -2.00. The maximum absolute atomic E-state index is 11.9. The normalized spacial score (nSPS) is 10.2. The molecule has 2 N–H and O–H groups in total. The van der Waals surface area contributed by atoms with Gasteiger partial charge in [0.1, 0.15) is 0 Å². The topological polar surface area (TPSA) is 41.1 Å². The lowest BCUT2D eigenvalue weighted by Gasteiger charge is -2.10. The van der Waals surface area contributed by atoms with Gasteiger partial charge in [-0.3, -0.25) is 4.79 Å². The summed E-state index contributed by atoms with van der Waals surface area (Å²) in [5.41, 5.74) is 3.84. The molecule has 0 bridgehead atoms. The number of hydrogen-bond acceptors (Lipinski definition) is 2. The van der Waals surface area contributed by atoms with E-state index in [4.69, 9.17) is 11.6 Å². The van der Waals surface area contributed by atoms with E-state index in [2.05, 4.69) is 10.6 Å². The maximum Gasteiger partial charge on any atom is 0.243 e. The minimum absolute atomic E-state index is 0.101. The Labute approximate surface area is 124 Å². The van der Waals surface area contributed by atoms with Crippen LogP contribution in [-0.4, -0.2) is 12.5 Å². The number of amides is 1. The van der Waals surface area contributed by atoms with Gasteiger partial charge in [-0.1, -0.05) is 35.4 Å². The zero-order valence-electron chi connectivity index (χ0n) is 11.5. The summed E-state index contributed by atoms with van der Waals surface area (Å²) in [6.07, 6.45) is 0. The van der Waals surface area contributed by atoms with Gasteiger partial charge in [0.05, 0.1) is 6.54 Å². The van der Waals surface area contributed by atoms with Crippen LogP contribution in [0, 0.1) is 13.8 Å². The second-order valence-electron chi connectivity index (χ2n) is 4.73. The second-order valence-corrected chi connectivity index (χ2v) is 5.16. The minimum atomic E-state index is -0.101. The molecular formula is C16H17ClN2O. The van der Waals surface area contributed by atoms with Crippen molar-refractivity contribution in [2.75, 3.05) is 17.2 Å². The molecule has 0 aliphatic heterocycles. The van der Waals surface area contributed by atoms with Crippen molar-refractivity contribution < 1.29 is 4.79 Å². The number of halogens is 1. The number of aryl methyl sites for hydroxylation is 2. The van der Waals surface area contributed by atoms with Crippen LogP contribution in [0.2, 0.25) is 5.02 Å². The largest absolute Gasteiger partial charge is 0.376 e. The summed E-state index contributed by atoms with van der Waals surface area (Å²) in [7, 11) is 0. The Morgan fingerprint density at radius 2 is 1.80 bits per heavy atom. The molecule has 0 aliphatic rings. The SMILES string of the molecule is Cc1ccc(NCC(=O)Nc2cc(Cl)ccc2C)cc1. The molecule has 0 aromatic heterocycles. The molecule has 4 heteroatoms. The van der Waals surface area contributed by atoms with E-state index in [0.717, 1.165) is 16.9 Å². The van der Waals surface area contributed by atoms with Gasteiger partial charge in [-0.05, 0) is 43.7 Å². The van der Waals surface area contributed by atoms with Gasteiger partial charge >= 0.3 is 0 Å². The number of carbonyl (C=O) groups excluding carboxylic acids is 1. The molecule has 2 aromatic carbocycles. The van der Waals surface area contributed by atoms with Crippen LogP contribution in [0.25, 0.3) is 0 Å². The summed E-state index contributed by atoms with van der Waals surface area (Å²) in [6, 6.07) is 13.3. The number of hydrogen-bond donors (Lipinski definition) is 2. The molecule has 3 nitrogen and oxygen atoms in total. The molecule has 0 saturated carbocycles. The second kappa shape index (κ2) is 6.44. The van der Waals surface area contributed by atoms with Crippen LogP contribution in [0.5, 0.6) is 0 Å². The molecule has 0 unspecified atom stereocenters. The summed E-state index contributed by atoms with van der Waals surface area (Å²) in [5.74, 6) is -0.101. The molecule has 104 valence electrons. The Bertz CT molecular complexity index is 608. The fourth-order valence-corrected chi connectivity index (χ4v) is 1.95. The van der Waals surface area contributed by atoms with Gasteiger partial charge < -0.3 is 10.6 Å². The first-order valence-electron chi connectivity index (χ1n) is 6.41. The minimum Gasteiger partial charge on any atom is -0.376 e. The first-order valence-corrected chi connectivity index (χ1v) is 6.79. The van der Waals surface area contributed by atoms with Gasteiger partial charge in [-0.2, -0.15) is 0 Å². The monoisotopic (exact) mass is 288 g/mol. The molecule has 0 spiro atoms. The molecule has 2 rings (SSSR count). The van der Waals surface area contributed by atoms with Crippen LogP contribution in [0.4, 0.5) is 11.4 Å². The smallest absolute Gasteiger partial charge is 0.243 e. The van der Waals surface area contributed by atoms with Gasteiger partial charge in [0.2, 0.25) is 5.91 Å². The highest BCUT2D eigenvalue weighted by atomic mass is 35.5. The van der Waals surface area contributed by atoms with Crippen molar-refractivity contribution in [2.45, 2.75) is 13.8 Å². The van der Waals surface area contributed by atoms with E-state index in [9.17, 15) is 4.79 Å². The summed E-state index contributed by atoms with van der Waals surface area (Å²) in [6.45, 7) is 4.17. The third-order valence-corrected chi connectivity index (χ3v) is 3.21. The molecular weight excluding hydrogens is 272 g/mol. The third-order valence-electron chi connectivity index (χ3n) is 2.98. The predicted octanol–water partition coefficient (Wildman–Crippen LogP) is 4.01. The van der Waals surface area contributed by atoms with E-state index in [1.54, 1.807) is 12.1 Å². The maximum atomic E-state index is 11.9. The Balaban J connectivity index is 1.92. The van der Waals surface area contributed by atoms with Crippen molar-refractivity contribution in [3.8, 4) is 0 Å². The summed E-state index contributed by atoms with van der Waals surface area (Å²) in [5, 5.41) is 6.54. The van der Waals surface area contributed by atoms with Gasteiger partial charge in [0.15, 0.2) is 0 Å². The molecule has 0 atom stereocenters. The molecule has 2 aromatic rings. The van der Waals surface area contributed by atoms with Crippen molar-refractivity contribution in [1.82, 2.24) is 0 Å². The lowest BCUT2D eigenvalue weighted by molar-refractivity contribution is -0.114. The number of nitrogens with one attached hydrogen (secondary N) is 2. The van der Waals surface area contributed by atoms with Crippen molar-refractivity contribution in [1.29, 1.82) is 0 Å². The average molecular weight is 289 g/mol. The van der Waals surface area contributed by atoms with Gasteiger partial charge in [0.25, 0.3) is 0 Å². The van der Waals surface area contributed by atoms with E-state index < -0.39 is 0 Å². The van der Waals surface area contributed by atoms with Crippen LogP contribution < -0.4 is 10.6 Å². The number of rotatable bonds is 4. The van der Waals surface area contributed by atoms with Crippen molar-refractivity contribution in [3.63, 3.8) is 0 Å². The summed E-state index contributed by atoms with van der Waals surface area (Å²) in [4.78, 5) is 11.9. The highest BCUT2D eigenvalue weighted by Crippen LogP contribution is 2.20. The average Bonchev–Trinajstić information content (AvgIpc) is 2.42. The number of anilines is 2. The number of carbonyl (C=O) groups is 1. The molecule has 20 heavy (non-hydrogen) atoms. The Kier molecular flexibility index (Phi) is 4.64. The fraction of sp³-hybridized carbons (Fsp3) is 0.188. The quantitative estimate of drug-likeness (QED) is 0.892. The van der Waals surface area contributed by atoms with E-state index in [1.807, 2.05) is 44.2 Å². The summed E-state index contributed by atoms with van der Waals surface area (Å²) < 4.78 is 0. The first-order chi connectivity index (χ1) is 9.54. The van der Waals surface area contributed by atoms with E-state index in [1.165, 1.54) is 5.56 Å². The van der Waals surface area contributed by atoms with E-state index in [-0.39, 0.29) is 12.5 Å². The van der Waals surface area contributed by atoms with Crippen molar-refractivity contribution >= 4 is 28.9 Å². The van der Waals surface area contributed by atoms with Crippen LogP contribution >= 0.6 is 11.6 Å². The van der Waals surface area contributed by atoms with Crippen LogP contribution in [0.1, 0.15) is 11.1 Å². The Morgan fingerprint density at radius 1 is 1.10 bits per heavy atom. The van der Waals surface area contributed by atoms with E-state index >= 15 is 0 Å². The van der Waals surface area contributed by atoms with Gasteiger partial charge in [0, 0.05) is 16.4 Å². The lowest BCUT2D eigenvalue weighted by atomic mass is 10.2. The van der Waals surface area contributed by atoms with Gasteiger partial charge in [-0.25, -0.2) is 0 Å². The highest BCUT2D eigenvalue weighted by Gasteiger charge is 2.05. The standard InChI is InChI=1S/C16H17ClN2O/c1-11-3-7-14(8-4-11)18-10-16(20)19-15-9-13(17)6-5-12(15)2/h3-9,18H,10H2,1-2H3,(H,19,20). The molecule has 0 radical (unpaired) electrons. The molecule has 1 amide bonds. The van der Waals surface area contributed by atoms with E-state index in [0.29, 0.717) is 5.02 Å². The van der Waals surface area contributed by atoms with Crippen LogP contribution in [0.15, 0.2) is 42.5 Å². The number of benzene rings is 2. The molecule has 0 aliphatic carbocycles. The Morgan fingerprint density at radius 3 is 2.50 bits per heavy atom. The predicted molar refractivity (Wildman–Crippen MR) is 84.5 cm³/mol. The zero-order chi connectivity index (χ0) is 14.5. The van der Waals surface area contributed by atoms with Crippen molar-refractivity contribution in [2.24, 2.45) is 0 Å². The third kappa shape index (κ3) is 4.00. The van der Waals surface area contributed by atoms with Crippen LogP contribution in [-0.2, 0) is 4.79 Å².